The first-order chi connectivity index (χ1) is 9.45. The van der Waals surface area contributed by atoms with E-state index >= 15 is 0 Å². The third-order valence-corrected chi connectivity index (χ3v) is 4.62. The van der Waals surface area contributed by atoms with E-state index in [-0.39, 0.29) is 12.1 Å². The van der Waals surface area contributed by atoms with Crippen LogP contribution in [0, 0.1) is 11.8 Å². The Morgan fingerprint density at radius 1 is 1.20 bits per heavy atom. The van der Waals surface area contributed by atoms with Crippen LogP contribution in [0.5, 0.6) is 0 Å². The maximum atomic E-state index is 6.39. The lowest BCUT2D eigenvalue weighted by Gasteiger charge is -2.35. The normalized spacial score (nSPS) is 29.9. The first kappa shape index (κ1) is 16.0. The topological polar surface area (TPSA) is 35.2 Å². The molecule has 112 valence electrons. The molecule has 0 heterocycles. The second-order valence-corrected chi connectivity index (χ2v) is 7.43. The molecule has 0 aliphatic heterocycles. The van der Waals surface area contributed by atoms with Gasteiger partial charge in [-0.25, -0.2) is 0 Å². The summed E-state index contributed by atoms with van der Waals surface area (Å²) >= 11 is 3.53. The van der Waals surface area contributed by atoms with Crippen molar-refractivity contribution in [3.63, 3.8) is 0 Å². The summed E-state index contributed by atoms with van der Waals surface area (Å²) in [6.07, 6.45) is 3.95. The molecule has 1 aliphatic carbocycles. The zero-order chi connectivity index (χ0) is 14.7. The molecular weight excluding hydrogens is 314 g/mol. The molecule has 0 amide bonds. The molecule has 2 nitrogen and oxygen atoms in total. The molecule has 3 heteroatoms. The average Bonchev–Trinajstić information content (AvgIpc) is 2.34. The van der Waals surface area contributed by atoms with Crippen molar-refractivity contribution >= 4 is 15.9 Å². The number of benzene rings is 1. The van der Waals surface area contributed by atoms with E-state index < -0.39 is 0 Å². The molecule has 2 rings (SSSR count). The second kappa shape index (κ2) is 7.06. The van der Waals surface area contributed by atoms with Crippen LogP contribution in [0.1, 0.15) is 51.7 Å². The molecule has 20 heavy (non-hydrogen) atoms. The fourth-order valence-corrected chi connectivity index (χ4v) is 3.80. The predicted octanol–water partition coefficient (Wildman–Crippen LogP) is 4.68. The van der Waals surface area contributed by atoms with E-state index in [0.29, 0.717) is 6.10 Å². The zero-order valence-corrected chi connectivity index (χ0v) is 14.3. The number of halogens is 1. The lowest BCUT2D eigenvalue weighted by molar-refractivity contribution is -0.0585. The summed E-state index contributed by atoms with van der Waals surface area (Å²) < 4.78 is 7.47. The highest BCUT2D eigenvalue weighted by atomic mass is 79.9. The van der Waals surface area contributed by atoms with Gasteiger partial charge in [0.25, 0.3) is 0 Å². The van der Waals surface area contributed by atoms with Gasteiger partial charge in [0.05, 0.1) is 12.2 Å². The number of ether oxygens (including phenoxy) is 1. The SMILES string of the molecule is CC1CC(C)CC(OC(c2cccc(Br)c2)C(C)N)C1. The first-order valence-electron chi connectivity index (χ1n) is 7.62. The van der Waals surface area contributed by atoms with E-state index in [1.165, 1.54) is 12.0 Å². The van der Waals surface area contributed by atoms with Crippen LogP contribution in [0.2, 0.25) is 0 Å². The highest BCUT2D eigenvalue weighted by Crippen LogP contribution is 2.34. The molecule has 0 radical (unpaired) electrons. The molecule has 1 aromatic rings. The molecule has 1 fully saturated rings. The fraction of sp³-hybridized carbons (Fsp3) is 0.647. The third kappa shape index (κ3) is 4.31. The summed E-state index contributed by atoms with van der Waals surface area (Å²) in [6, 6.07) is 8.30. The van der Waals surface area contributed by atoms with E-state index in [2.05, 4.69) is 41.9 Å². The van der Waals surface area contributed by atoms with Gasteiger partial charge in [-0.3, -0.25) is 0 Å². The summed E-state index contributed by atoms with van der Waals surface area (Å²) in [5.74, 6) is 1.50. The van der Waals surface area contributed by atoms with Crippen LogP contribution in [-0.4, -0.2) is 12.1 Å². The van der Waals surface area contributed by atoms with Crippen molar-refractivity contribution in [2.24, 2.45) is 17.6 Å². The molecule has 4 atom stereocenters. The monoisotopic (exact) mass is 339 g/mol. The quantitative estimate of drug-likeness (QED) is 0.864. The highest BCUT2D eigenvalue weighted by molar-refractivity contribution is 9.10. The number of rotatable bonds is 4. The molecule has 0 aromatic heterocycles. The van der Waals surface area contributed by atoms with Gasteiger partial charge in [-0.1, -0.05) is 41.9 Å². The molecule has 0 bridgehead atoms. The number of hydrogen-bond donors (Lipinski definition) is 1. The summed E-state index contributed by atoms with van der Waals surface area (Å²) in [5.41, 5.74) is 7.33. The van der Waals surface area contributed by atoms with Crippen LogP contribution < -0.4 is 5.73 Å². The maximum absolute atomic E-state index is 6.39. The summed E-state index contributed by atoms with van der Waals surface area (Å²) in [7, 11) is 0. The summed E-state index contributed by atoms with van der Waals surface area (Å²) in [5, 5.41) is 0. The van der Waals surface area contributed by atoms with Gasteiger partial charge < -0.3 is 10.5 Å². The minimum atomic E-state index is -0.0185. The minimum absolute atomic E-state index is 0.00293. The third-order valence-electron chi connectivity index (χ3n) is 4.13. The van der Waals surface area contributed by atoms with E-state index in [4.69, 9.17) is 10.5 Å². The standard InChI is InChI=1S/C17H26BrNO/c1-11-7-12(2)9-16(8-11)20-17(13(3)19)14-5-4-6-15(18)10-14/h4-6,10-13,16-17H,7-9,19H2,1-3H3. The van der Waals surface area contributed by atoms with Crippen molar-refractivity contribution < 1.29 is 4.74 Å². The van der Waals surface area contributed by atoms with Crippen LogP contribution >= 0.6 is 15.9 Å². The van der Waals surface area contributed by atoms with Crippen LogP contribution in [0.3, 0.4) is 0 Å². The van der Waals surface area contributed by atoms with E-state index in [0.717, 1.165) is 29.2 Å². The van der Waals surface area contributed by atoms with Gasteiger partial charge in [0.1, 0.15) is 0 Å². The predicted molar refractivity (Wildman–Crippen MR) is 87.6 cm³/mol. The van der Waals surface area contributed by atoms with Crippen molar-refractivity contribution in [3.05, 3.63) is 34.3 Å². The fourth-order valence-electron chi connectivity index (χ4n) is 3.38. The smallest absolute Gasteiger partial charge is 0.0977 e. The van der Waals surface area contributed by atoms with Crippen LogP contribution in [0.4, 0.5) is 0 Å². The Labute approximate surface area is 131 Å². The van der Waals surface area contributed by atoms with Crippen LogP contribution in [0.15, 0.2) is 28.7 Å². The Morgan fingerprint density at radius 2 is 1.85 bits per heavy atom. The van der Waals surface area contributed by atoms with Gasteiger partial charge in [0.2, 0.25) is 0 Å². The van der Waals surface area contributed by atoms with Gasteiger partial charge in [0.15, 0.2) is 0 Å². The molecule has 1 saturated carbocycles. The van der Waals surface area contributed by atoms with Crippen molar-refractivity contribution in [1.29, 1.82) is 0 Å². The van der Waals surface area contributed by atoms with Gasteiger partial charge in [-0.05, 0) is 55.7 Å². The summed E-state index contributed by atoms with van der Waals surface area (Å²) in [4.78, 5) is 0. The van der Waals surface area contributed by atoms with Gasteiger partial charge in [-0.2, -0.15) is 0 Å². The number of hydrogen-bond acceptors (Lipinski definition) is 2. The lowest BCUT2D eigenvalue weighted by Crippen LogP contribution is -2.34. The van der Waals surface area contributed by atoms with Gasteiger partial charge in [-0.15, -0.1) is 0 Å². The minimum Gasteiger partial charge on any atom is -0.369 e. The first-order valence-corrected chi connectivity index (χ1v) is 8.41. The Kier molecular flexibility index (Phi) is 5.65. The lowest BCUT2D eigenvalue weighted by atomic mass is 9.81. The van der Waals surface area contributed by atoms with Gasteiger partial charge >= 0.3 is 0 Å². The second-order valence-electron chi connectivity index (χ2n) is 6.51. The van der Waals surface area contributed by atoms with Crippen molar-refractivity contribution in [2.75, 3.05) is 0 Å². The Bertz CT molecular complexity index is 425. The van der Waals surface area contributed by atoms with Crippen molar-refractivity contribution in [1.82, 2.24) is 0 Å². The molecule has 1 aliphatic rings. The van der Waals surface area contributed by atoms with Crippen molar-refractivity contribution in [2.45, 2.75) is 58.3 Å². The van der Waals surface area contributed by atoms with E-state index in [1.807, 2.05) is 19.1 Å². The molecule has 4 unspecified atom stereocenters. The Hall–Kier alpha value is -0.380. The van der Waals surface area contributed by atoms with E-state index in [9.17, 15) is 0 Å². The highest BCUT2D eigenvalue weighted by Gasteiger charge is 2.28. The van der Waals surface area contributed by atoms with E-state index in [1.54, 1.807) is 0 Å². The Morgan fingerprint density at radius 3 is 2.40 bits per heavy atom. The van der Waals surface area contributed by atoms with Gasteiger partial charge in [0, 0.05) is 10.5 Å². The van der Waals surface area contributed by atoms with Crippen molar-refractivity contribution in [3.8, 4) is 0 Å². The average molecular weight is 340 g/mol. The molecule has 2 N–H and O–H groups in total. The molecule has 0 saturated heterocycles. The van der Waals surface area contributed by atoms with Crippen LogP contribution in [-0.2, 0) is 4.74 Å². The molecular formula is C17H26BrNO. The van der Waals surface area contributed by atoms with Crippen LogP contribution in [0.25, 0.3) is 0 Å². The maximum Gasteiger partial charge on any atom is 0.0977 e. The largest absolute Gasteiger partial charge is 0.369 e. The molecule has 0 spiro atoms. The molecule has 1 aromatic carbocycles. The summed E-state index contributed by atoms with van der Waals surface area (Å²) in [6.45, 7) is 6.68. The number of nitrogens with two attached hydrogens (primary N) is 1. The Balaban J connectivity index is 2.10. The zero-order valence-electron chi connectivity index (χ0n) is 12.7.